The topological polar surface area (TPSA) is 50.4 Å². The van der Waals surface area contributed by atoms with Crippen LogP contribution in [0.15, 0.2) is 24.3 Å². The highest BCUT2D eigenvalue weighted by Crippen LogP contribution is 2.12. The highest BCUT2D eigenvalue weighted by molar-refractivity contribution is 5.85. The van der Waals surface area contributed by atoms with Gasteiger partial charge in [-0.2, -0.15) is 0 Å². The maximum absolute atomic E-state index is 11.2. The van der Waals surface area contributed by atoms with Gasteiger partial charge in [0.15, 0.2) is 0 Å². The van der Waals surface area contributed by atoms with Crippen LogP contribution in [0.4, 0.5) is 0 Å². The number of halogens is 1. The van der Waals surface area contributed by atoms with Crippen molar-refractivity contribution in [1.82, 2.24) is 10.6 Å². The van der Waals surface area contributed by atoms with Crippen LogP contribution in [0.3, 0.4) is 0 Å². The van der Waals surface area contributed by atoms with Crippen molar-refractivity contribution in [2.24, 2.45) is 0 Å². The molecule has 114 valence electrons. The van der Waals surface area contributed by atoms with Crippen molar-refractivity contribution in [2.45, 2.75) is 26.2 Å². The van der Waals surface area contributed by atoms with E-state index in [0.29, 0.717) is 13.1 Å². The molecule has 1 aromatic rings. The Kier molecular flexibility index (Phi) is 10.8. The normalized spacial score (nSPS) is 9.70. The van der Waals surface area contributed by atoms with Crippen molar-refractivity contribution in [3.63, 3.8) is 0 Å². The molecule has 1 aromatic carbocycles. The molecule has 0 radical (unpaired) electrons. The summed E-state index contributed by atoms with van der Waals surface area (Å²) in [4.78, 5) is 11.2. The Bertz CT molecular complexity index is 369. The summed E-state index contributed by atoms with van der Waals surface area (Å²) in [6, 6.07) is 8.07. The monoisotopic (exact) mass is 300 g/mol. The van der Waals surface area contributed by atoms with E-state index >= 15 is 0 Å². The zero-order chi connectivity index (χ0) is 13.9. The van der Waals surface area contributed by atoms with Crippen LogP contribution in [0, 0.1) is 0 Å². The van der Waals surface area contributed by atoms with Gasteiger partial charge in [-0.3, -0.25) is 4.79 Å². The molecular formula is C15H25ClN2O2. The smallest absolute Gasteiger partial charge is 0.233 e. The van der Waals surface area contributed by atoms with E-state index in [1.807, 2.05) is 24.3 Å². The summed E-state index contributed by atoms with van der Waals surface area (Å²) < 4.78 is 5.60. The number of benzene rings is 1. The molecule has 1 amide bonds. The Labute approximate surface area is 127 Å². The van der Waals surface area contributed by atoms with Crippen molar-refractivity contribution >= 4 is 18.3 Å². The third-order valence-corrected chi connectivity index (χ3v) is 2.76. The van der Waals surface area contributed by atoms with E-state index in [2.05, 4.69) is 17.6 Å². The van der Waals surface area contributed by atoms with Crippen LogP contribution in [0.2, 0.25) is 0 Å². The minimum Gasteiger partial charge on any atom is -0.494 e. The Balaban J connectivity index is 0.00000361. The molecular weight excluding hydrogens is 276 g/mol. The van der Waals surface area contributed by atoms with Gasteiger partial charge in [-0.15, -0.1) is 12.4 Å². The lowest BCUT2D eigenvalue weighted by Gasteiger charge is -2.07. The predicted molar refractivity (Wildman–Crippen MR) is 84.7 cm³/mol. The fourth-order valence-electron chi connectivity index (χ4n) is 1.66. The second-order valence-electron chi connectivity index (χ2n) is 4.48. The van der Waals surface area contributed by atoms with E-state index in [1.54, 1.807) is 7.05 Å². The Morgan fingerprint density at radius 2 is 1.95 bits per heavy atom. The fraction of sp³-hybridized carbons (Fsp3) is 0.533. The molecule has 5 heteroatoms. The second kappa shape index (κ2) is 11.6. The predicted octanol–water partition coefficient (Wildman–Crippen LogP) is 2.17. The van der Waals surface area contributed by atoms with Gasteiger partial charge in [0.1, 0.15) is 5.75 Å². The van der Waals surface area contributed by atoms with Gasteiger partial charge in [0.2, 0.25) is 5.91 Å². The number of unbranched alkanes of at least 4 members (excludes halogenated alkanes) is 1. The van der Waals surface area contributed by atoms with E-state index in [-0.39, 0.29) is 18.3 Å². The number of rotatable bonds is 9. The Hall–Kier alpha value is -1.26. The number of ether oxygens (including phenoxy) is 1. The second-order valence-corrected chi connectivity index (χ2v) is 4.48. The zero-order valence-corrected chi connectivity index (χ0v) is 13.1. The maximum atomic E-state index is 11.2. The molecule has 0 aliphatic heterocycles. The summed E-state index contributed by atoms with van der Waals surface area (Å²) in [5.74, 6) is 0.943. The maximum Gasteiger partial charge on any atom is 0.233 e. The summed E-state index contributed by atoms with van der Waals surface area (Å²) in [5, 5.41) is 5.68. The third kappa shape index (κ3) is 8.02. The van der Waals surface area contributed by atoms with Crippen LogP contribution in [0.25, 0.3) is 0 Å². The van der Waals surface area contributed by atoms with Crippen molar-refractivity contribution < 1.29 is 9.53 Å². The summed E-state index contributed by atoms with van der Waals surface area (Å²) in [6.45, 7) is 3.95. The van der Waals surface area contributed by atoms with E-state index < -0.39 is 0 Å². The first kappa shape index (κ1) is 18.7. The number of hydrogen-bond donors (Lipinski definition) is 2. The molecule has 4 nitrogen and oxygen atoms in total. The van der Waals surface area contributed by atoms with Gasteiger partial charge in [-0.25, -0.2) is 0 Å². The largest absolute Gasteiger partial charge is 0.494 e. The van der Waals surface area contributed by atoms with E-state index in [4.69, 9.17) is 4.74 Å². The summed E-state index contributed by atoms with van der Waals surface area (Å²) >= 11 is 0. The van der Waals surface area contributed by atoms with Gasteiger partial charge in [-0.05, 0) is 37.6 Å². The molecule has 1 rings (SSSR count). The lowest BCUT2D eigenvalue weighted by Crippen LogP contribution is -2.33. The van der Waals surface area contributed by atoms with Crippen LogP contribution in [0.5, 0.6) is 5.75 Å². The van der Waals surface area contributed by atoms with Gasteiger partial charge in [-0.1, -0.05) is 25.5 Å². The van der Waals surface area contributed by atoms with E-state index in [9.17, 15) is 4.79 Å². The van der Waals surface area contributed by atoms with Gasteiger partial charge in [0.25, 0.3) is 0 Å². The molecule has 0 unspecified atom stereocenters. The Morgan fingerprint density at radius 1 is 1.25 bits per heavy atom. The molecule has 0 atom stereocenters. The minimum atomic E-state index is 0. The average molecular weight is 301 g/mol. The first-order valence-corrected chi connectivity index (χ1v) is 6.89. The number of likely N-dealkylation sites (N-methyl/N-ethyl adjacent to an activating group) is 1. The summed E-state index contributed by atoms with van der Waals surface area (Å²) in [6.07, 6.45) is 3.06. The van der Waals surface area contributed by atoms with Crippen LogP contribution < -0.4 is 15.4 Å². The van der Waals surface area contributed by atoms with Crippen LogP contribution in [-0.4, -0.2) is 32.7 Å². The molecule has 0 aliphatic rings. The van der Waals surface area contributed by atoms with Crippen molar-refractivity contribution in [1.29, 1.82) is 0 Å². The highest BCUT2D eigenvalue weighted by Gasteiger charge is 1.99. The Morgan fingerprint density at radius 3 is 2.55 bits per heavy atom. The molecule has 0 saturated carbocycles. The molecule has 0 fully saturated rings. The fourth-order valence-corrected chi connectivity index (χ4v) is 1.66. The molecule has 0 aliphatic carbocycles. The molecule has 0 saturated heterocycles. The van der Waals surface area contributed by atoms with Crippen molar-refractivity contribution in [3.8, 4) is 5.75 Å². The highest BCUT2D eigenvalue weighted by atomic mass is 35.5. The molecule has 0 heterocycles. The van der Waals surface area contributed by atoms with E-state index in [0.717, 1.165) is 31.6 Å². The van der Waals surface area contributed by atoms with Crippen LogP contribution in [-0.2, 0) is 11.2 Å². The van der Waals surface area contributed by atoms with Crippen LogP contribution in [0.1, 0.15) is 25.3 Å². The molecule has 20 heavy (non-hydrogen) atoms. The average Bonchev–Trinajstić information content (AvgIpc) is 2.41. The first-order chi connectivity index (χ1) is 9.26. The third-order valence-electron chi connectivity index (χ3n) is 2.76. The molecule has 0 aromatic heterocycles. The number of amides is 1. The number of carbonyl (C=O) groups excluding carboxylic acids is 1. The minimum absolute atomic E-state index is 0. The lowest BCUT2D eigenvalue weighted by molar-refractivity contribution is -0.120. The standard InChI is InChI=1S/C15H24N2O2.ClH/c1-3-4-11-19-14-7-5-13(6-8-14)9-10-17-15(18)12-16-2;/h5-8,16H,3-4,9-12H2,1-2H3,(H,17,18);1H. The van der Waals surface area contributed by atoms with Gasteiger partial charge < -0.3 is 15.4 Å². The SMILES string of the molecule is CCCCOc1ccc(CCNC(=O)CNC)cc1.Cl. The number of nitrogens with one attached hydrogen (secondary N) is 2. The first-order valence-electron chi connectivity index (χ1n) is 6.89. The molecule has 2 N–H and O–H groups in total. The summed E-state index contributed by atoms with van der Waals surface area (Å²) in [7, 11) is 1.76. The van der Waals surface area contributed by atoms with Crippen molar-refractivity contribution in [2.75, 3.05) is 26.7 Å². The lowest BCUT2D eigenvalue weighted by atomic mass is 10.1. The quantitative estimate of drug-likeness (QED) is 0.687. The van der Waals surface area contributed by atoms with Gasteiger partial charge in [0, 0.05) is 6.54 Å². The van der Waals surface area contributed by atoms with Gasteiger partial charge in [0.05, 0.1) is 13.2 Å². The number of hydrogen-bond acceptors (Lipinski definition) is 3. The summed E-state index contributed by atoms with van der Waals surface area (Å²) in [5.41, 5.74) is 1.20. The van der Waals surface area contributed by atoms with Crippen molar-refractivity contribution in [3.05, 3.63) is 29.8 Å². The van der Waals surface area contributed by atoms with E-state index in [1.165, 1.54) is 5.56 Å². The zero-order valence-electron chi connectivity index (χ0n) is 12.3. The number of carbonyl (C=O) groups is 1. The van der Waals surface area contributed by atoms with Crippen LogP contribution >= 0.6 is 12.4 Å². The van der Waals surface area contributed by atoms with Gasteiger partial charge >= 0.3 is 0 Å². The molecule has 0 bridgehead atoms. The molecule has 0 spiro atoms.